The van der Waals surface area contributed by atoms with Gasteiger partial charge in [-0.3, -0.25) is 19.4 Å². The molecule has 1 aromatic carbocycles. The molecule has 0 spiro atoms. The minimum atomic E-state index is -0.427. The number of carbonyl (C=O) groups excluding carboxylic acids is 2. The number of para-hydroxylation sites is 1. The molecule has 0 saturated carbocycles. The van der Waals surface area contributed by atoms with Crippen molar-refractivity contribution in [2.24, 2.45) is 0 Å². The van der Waals surface area contributed by atoms with Gasteiger partial charge in [-0.2, -0.15) is 0 Å². The van der Waals surface area contributed by atoms with Gasteiger partial charge in [-0.1, -0.05) is 23.4 Å². The summed E-state index contributed by atoms with van der Waals surface area (Å²) in [6.07, 6.45) is 0.589. The average molecular weight is 368 g/mol. The van der Waals surface area contributed by atoms with E-state index in [2.05, 4.69) is 10.1 Å². The zero-order valence-electron chi connectivity index (χ0n) is 15.7. The smallest absolute Gasteiger partial charge is 0.246 e. The molecule has 4 rings (SSSR count). The summed E-state index contributed by atoms with van der Waals surface area (Å²) in [4.78, 5) is 31.1. The quantitative estimate of drug-likeness (QED) is 0.823. The SMILES string of the molecule is CC(=O)N1c2ccccc2C[C@H]1C(=O)N1CCN(Cc2cc(C)no2)CC1. The summed E-state index contributed by atoms with van der Waals surface area (Å²) in [6, 6.07) is 9.29. The first-order valence-electron chi connectivity index (χ1n) is 9.34. The molecule has 2 aliphatic heterocycles. The van der Waals surface area contributed by atoms with Crippen LogP contribution in [0, 0.1) is 6.92 Å². The topological polar surface area (TPSA) is 69.9 Å². The van der Waals surface area contributed by atoms with E-state index in [0.29, 0.717) is 26.1 Å². The number of piperazine rings is 1. The van der Waals surface area contributed by atoms with Crippen molar-refractivity contribution in [3.8, 4) is 0 Å². The van der Waals surface area contributed by atoms with Gasteiger partial charge in [-0.25, -0.2) is 0 Å². The van der Waals surface area contributed by atoms with Gasteiger partial charge in [0.1, 0.15) is 6.04 Å². The number of benzene rings is 1. The maximum Gasteiger partial charge on any atom is 0.246 e. The number of hydrogen-bond acceptors (Lipinski definition) is 5. The van der Waals surface area contributed by atoms with Crippen LogP contribution < -0.4 is 4.90 Å². The second-order valence-electron chi connectivity index (χ2n) is 7.27. The third-order valence-corrected chi connectivity index (χ3v) is 5.34. The Morgan fingerprint density at radius 2 is 1.93 bits per heavy atom. The predicted molar refractivity (Wildman–Crippen MR) is 100 cm³/mol. The fourth-order valence-corrected chi connectivity index (χ4v) is 4.02. The fourth-order valence-electron chi connectivity index (χ4n) is 4.02. The van der Waals surface area contributed by atoms with Crippen molar-refractivity contribution in [1.82, 2.24) is 15.0 Å². The maximum absolute atomic E-state index is 13.1. The van der Waals surface area contributed by atoms with E-state index >= 15 is 0 Å². The molecule has 0 radical (unpaired) electrons. The normalized spacial score (nSPS) is 20.0. The molecule has 142 valence electrons. The Balaban J connectivity index is 1.40. The van der Waals surface area contributed by atoms with Gasteiger partial charge in [-0.05, 0) is 18.6 Å². The van der Waals surface area contributed by atoms with Crippen LogP contribution in [0.4, 0.5) is 5.69 Å². The highest BCUT2D eigenvalue weighted by atomic mass is 16.5. The lowest BCUT2D eigenvalue weighted by atomic mass is 10.1. The maximum atomic E-state index is 13.1. The Morgan fingerprint density at radius 3 is 2.59 bits per heavy atom. The summed E-state index contributed by atoms with van der Waals surface area (Å²) in [5, 5.41) is 3.92. The summed E-state index contributed by atoms with van der Waals surface area (Å²) < 4.78 is 5.28. The highest BCUT2D eigenvalue weighted by Gasteiger charge is 2.39. The van der Waals surface area contributed by atoms with Gasteiger partial charge < -0.3 is 9.42 Å². The summed E-state index contributed by atoms with van der Waals surface area (Å²) in [5.74, 6) is 0.801. The molecule has 0 aliphatic carbocycles. The van der Waals surface area contributed by atoms with Gasteiger partial charge in [0.15, 0.2) is 5.76 Å². The summed E-state index contributed by atoms with van der Waals surface area (Å²) in [6.45, 7) is 7.02. The highest BCUT2D eigenvalue weighted by molar-refractivity contribution is 6.02. The van der Waals surface area contributed by atoms with E-state index in [1.165, 1.54) is 6.92 Å². The lowest BCUT2D eigenvalue weighted by Crippen LogP contribution is -2.55. The molecule has 7 heteroatoms. The van der Waals surface area contributed by atoms with Gasteiger partial charge >= 0.3 is 0 Å². The molecule has 1 saturated heterocycles. The van der Waals surface area contributed by atoms with E-state index < -0.39 is 6.04 Å². The number of aromatic nitrogens is 1. The van der Waals surface area contributed by atoms with Crippen molar-refractivity contribution in [3.63, 3.8) is 0 Å². The third-order valence-electron chi connectivity index (χ3n) is 5.34. The van der Waals surface area contributed by atoms with Crippen molar-refractivity contribution >= 4 is 17.5 Å². The second-order valence-corrected chi connectivity index (χ2v) is 7.27. The molecule has 2 aromatic rings. The van der Waals surface area contributed by atoms with Crippen LogP contribution in [0.2, 0.25) is 0 Å². The molecule has 3 heterocycles. The van der Waals surface area contributed by atoms with Crippen LogP contribution in [0.1, 0.15) is 23.9 Å². The molecule has 1 fully saturated rings. The number of aryl methyl sites for hydroxylation is 1. The average Bonchev–Trinajstić information content (AvgIpc) is 3.25. The van der Waals surface area contributed by atoms with E-state index in [0.717, 1.165) is 35.8 Å². The van der Waals surface area contributed by atoms with Crippen molar-refractivity contribution in [3.05, 3.63) is 47.3 Å². The van der Waals surface area contributed by atoms with E-state index in [4.69, 9.17) is 4.52 Å². The summed E-state index contributed by atoms with van der Waals surface area (Å²) in [7, 11) is 0. The molecule has 2 aliphatic rings. The molecule has 2 amide bonds. The Kier molecular flexibility index (Phi) is 4.70. The van der Waals surface area contributed by atoms with Crippen molar-refractivity contribution < 1.29 is 14.1 Å². The van der Waals surface area contributed by atoms with Gasteiger partial charge in [0.05, 0.1) is 12.2 Å². The molecular weight excluding hydrogens is 344 g/mol. The largest absolute Gasteiger partial charge is 0.360 e. The molecule has 1 atom stereocenters. The molecule has 0 N–H and O–H groups in total. The number of nitrogens with zero attached hydrogens (tertiary/aromatic N) is 4. The van der Waals surface area contributed by atoms with Crippen LogP contribution in [-0.2, 0) is 22.6 Å². The molecular formula is C20H24N4O3. The van der Waals surface area contributed by atoms with Gasteiger partial charge in [0.25, 0.3) is 0 Å². The molecule has 0 bridgehead atoms. The fraction of sp³-hybridized carbons (Fsp3) is 0.450. The molecule has 1 aromatic heterocycles. The monoisotopic (exact) mass is 368 g/mol. The lowest BCUT2D eigenvalue weighted by molar-refractivity contribution is -0.135. The number of fused-ring (bicyclic) bond motifs is 1. The number of anilines is 1. The molecule has 7 nitrogen and oxygen atoms in total. The molecule has 27 heavy (non-hydrogen) atoms. The second kappa shape index (κ2) is 7.15. The first kappa shape index (κ1) is 17.7. The summed E-state index contributed by atoms with van der Waals surface area (Å²) >= 11 is 0. The highest BCUT2D eigenvalue weighted by Crippen LogP contribution is 2.33. The number of rotatable bonds is 3. The predicted octanol–water partition coefficient (Wildman–Crippen LogP) is 1.61. The first-order chi connectivity index (χ1) is 13.0. The van der Waals surface area contributed by atoms with Crippen LogP contribution in [0.3, 0.4) is 0 Å². The standard InChI is InChI=1S/C20H24N4O3/c1-14-11-17(27-21-14)13-22-7-9-23(10-8-22)20(26)19-12-16-5-3-4-6-18(16)24(19)15(2)25/h3-6,11,19H,7-10,12-13H2,1-2H3/t19-/m0/s1. The zero-order chi connectivity index (χ0) is 19.0. The van der Waals surface area contributed by atoms with Crippen molar-refractivity contribution in [2.75, 3.05) is 31.1 Å². The van der Waals surface area contributed by atoms with Crippen LogP contribution in [0.5, 0.6) is 0 Å². The van der Waals surface area contributed by atoms with Gasteiger partial charge in [0.2, 0.25) is 11.8 Å². The minimum absolute atomic E-state index is 0.0385. The van der Waals surface area contributed by atoms with Crippen LogP contribution >= 0.6 is 0 Å². The Morgan fingerprint density at radius 1 is 1.19 bits per heavy atom. The van der Waals surface area contributed by atoms with Crippen LogP contribution in [0.15, 0.2) is 34.9 Å². The van der Waals surface area contributed by atoms with E-state index in [9.17, 15) is 9.59 Å². The van der Waals surface area contributed by atoms with Crippen LogP contribution in [0.25, 0.3) is 0 Å². The lowest BCUT2D eigenvalue weighted by Gasteiger charge is -2.36. The Bertz CT molecular complexity index is 854. The summed E-state index contributed by atoms with van der Waals surface area (Å²) in [5.41, 5.74) is 2.80. The minimum Gasteiger partial charge on any atom is -0.360 e. The molecule has 0 unspecified atom stereocenters. The van der Waals surface area contributed by atoms with Gasteiger partial charge in [-0.15, -0.1) is 0 Å². The Labute approximate surface area is 158 Å². The van der Waals surface area contributed by atoms with Crippen molar-refractivity contribution in [2.45, 2.75) is 32.9 Å². The number of carbonyl (C=O) groups is 2. The van der Waals surface area contributed by atoms with Crippen molar-refractivity contribution in [1.29, 1.82) is 0 Å². The number of amides is 2. The zero-order valence-corrected chi connectivity index (χ0v) is 15.7. The number of hydrogen-bond donors (Lipinski definition) is 0. The van der Waals surface area contributed by atoms with Gasteiger partial charge in [0, 0.05) is 51.3 Å². The first-order valence-corrected chi connectivity index (χ1v) is 9.34. The Hall–Kier alpha value is -2.67. The van der Waals surface area contributed by atoms with Crippen LogP contribution in [-0.4, -0.2) is 59.0 Å². The van der Waals surface area contributed by atoms with E-state index in [1.54, 1.807) is 4.90 Å². The third kappa shape index (κ3) is 3.47. The van der Waals surface area contributed by atoms with E-state index in [-0.39, 0.29) is 11.8 Å². The van der Waals surface area contributed by atoms with E-state index in [1.807, 2.05) is 42.2 Å².